The molecule has 0 aliphatic carbocycles. The number of hydrogen-bond acceptors (Lipinski definition) is 5. The van der Waals surface area contributed by atoms with Crippen LogP contribution >= 0.6 is 11.8 Å². The first-order chi connectivity index (χ1) is 10.2. The molecular weight excluding hydrogens is 282 g/mol. The van der Waals surface area contributed by atoms with E-state index in [2.05, 4.69) is 27.7 Å². The lowest BCUT2D eigenvalue weighted by Crippen LogP contribution is -2.00. The summed E-state index contributed by atoms with van der Waals surface area (Å²) in [6.07, 6.45) is 2.04. The van der Waals surface area contributed by atoms with Crippen molar-refractivity contribution in [3.63, 3.8) is 0 Å². The summed E-state index contributed by atoms with van der Waals surface area (Å²) in [7, 11) is 0. The summed E-state index contributed by atoms with van der Waals surface area (Å²) in [6, 6.07) is 13.9. The van der Waals surface area contributed by atoms with Crippen LogP contribution in [0.3, 0.4) is 0 Å². The Hall–Kier alpha value is -2.34. The maximum Gasteiger partial charge on any atom is 0.187 e. The second-order valence-corrected chi connectivity index (χ2v) is 5.57. The molecule has 0 unspecified atom stereocenters. The Morgan fingerprint density at radius 2 is 2.00 bits per heavy atom. The Labute approximate surface area is 127 Å². The average Bonchev–Trinajstić information content (AvgIpc) is 2.99. The quantitative estimate of drug-likeness (QED) is 0.594. The Kier molecular flexibility index (Phi) is 3.62. The van der Waals surface area contributed by atoms with Gasteiger partial charge in [-0.1, -0.05) is 18.2 Å². The summed E-state index contributed by atoms with van der Waals surface area (Å²) in [5.74, 6) is 0.681. The van der Waals surface area contributed by atoms with E-state index in [4.69, 9.17) is 5.73 Å². The molecule has 0 radical (unpaired) electrons. The number of hydrogen-bond donors (Lipinski definition) is 1. The van der Waals surface area contributed by atoms with E-state index in [-0.39, 0.29) is 0 Å². The average molecular weight is 297 g/mol. The number of nitrogen functional groups attached to an aromatic ring is 1. The fourth-order valence-corrected chi connectivity index (χ4v) is 2.52. The van der Waals surface area contributed by atoms with Crippen molar-refractivity contribution in [2.45, 2.75) is 11.8 Å². The molecule has 3 rings (SSSR count). The lowest BCUT2D eigenvalue weighted by atomic mass is 10.1. The van der Waals surface area contributed by atoms with Gasteiger partial charge in [-0.15, -0.1) is 16.9 Å². The molecule has 0 spiro atoms. The second-order valence-electron chi connectivity index (χ2n) is 4.69. The summed E-state index contributed by atoms with van der Waals surface area (Å²) in [5.41, 5.74) is 9.59. The predicted molar refractivity (Wildman–Crippen MR) is 85.5 cm³/mol. The van der Waals surface area contributed by atoms with Crippen molar-refractivity contribution >= 4 is 17.4 Å². The summed E-state index contributed by atoms with van der Waals surface area (Å²) in [4.78, 5) is 1.16. The molecule has 5 nitrogen and oxygen atoms in total. The minimum atomic E-state index is 0.681. The number of rotatable bonds is 3. The summed E-state index contributed by atoms with van der Waals surface area (Å²) >= 11 is 1.68. The van der Waals surface area contributed by atoms with Crippen molar-refractivity contribution in [1.29, 1.82) is 0 Å². The van der Waals surface area contributed by atoms with Crippen LogP contribution in [0.15, 0.2) is 47.4 Å². The van der Waals surface area contributed by atoms with Crippen LogP contribution in [0.2, 0.25) is 0 Å². The van der Waals surface area contributed by atoms with Crippen LogP contribution in [-0.4, -0.2) is 26.5 Å². The molecule has 0 fully saturated rings. The van der Waals surface area contributed by atoms with Crippen molar-refractivity contribution < 1.29 is 0 Å². The Balaban J connectivity index is 2.09. The van der Waals surface area contributed by atoms with Crippen LogP contribution in [0.5, 0.6) is 0 Å². The van der Waals surface area contributed by atoms with E-state index in [0.717, 1.165) is 27.4 Å². The fraction of sp³-hybridized carbons (Fsp3) is 0.133. The van der Waals surface area contributed by atoms with E-state index in [0.29, 0.717) is 5.82 Å². The molecule has 21 heavy (non-hydrogen) atoms. The molecule has 0 amide bonds. The molecule has 1 aromatic heterocycles. The molecule has 2 N–H and O–H groups in total. The maximum atomic E-state index is 5.98. The number of tetrazole rings is 1. The first-order valence-electron chi connectivity index (χ1n) is 6.48. The van der Waals surface area contributed by atoms with Crippen LogP contribution in [0.25, 0.3) is 17.1 Å². The molecule has 106 valence electrons. The first kappa shape index (κ1) is 13.6. The van der Waals surface area contributed by atoms with Crippen molar-refractivity contribution in [2.24, 2.45) is 0 Å². The normalized spacial score (nSPS) is 10.8. The zero-order chi connectivity index (χ0) is 14.8. The van der Waals surface area contributed by atoms with Gasteiger partial charge in [0.1, 0.15) is 0 Å². The van der Waals surface area contributed by atoms with Gasteiger partial charge in [-0.3, -0.25) is 0 Å². The number of thioether (sulfide) groups is 1. The molecule has 0 atom stereocenters. The topological polar surface area (TPSA) is 69.6 Å². The molecule has 2 aromatic carbocycles. The third-order valence-electron chi connectivity index (χ3n) is 3.30. The number of benzene rings is 2. The van der Waals surface area contributed by atoms with Crippen molar-refractivity contribution in [3.05, 3.63) is 48.0 Å². The van der Waals surface area contributed by atoms with Gasteiger partial charge in [0.05, 0.1) is 5.69 Å². The van der Waals surface area contributed by atoms with Crippen LogP contribution in [-0.2, 0) is 0 Å². The highest BCUT2D eigenvalue weighted by Crippen LogP contribution is 2.25. The number of anilines is 1. The van der Waals surface area contributed by atoms with Gasteiger partial charge in [-0.25, -0.2) is 0 Å². The minimum Gasteiger partial charge on any atom is -0.398 e. The SMILES string of the molecule is CSc1cccc(-n2nnnc2-c2ccc(C)c(N)c2)c1. The summed E-state index contributed by atoms with van der Waals surface area (Å²) in [5, 5.41) is 12.0. The van der Waals surface area contributed by atoms with E-state index in [1.807, 2.05) is 43.5 Å². The van der Waals surface area contributed by atoms with Crippen LogP contribution in [0.1, 0.15) is 5.56 Å². The first-order valence-corrected chi connectivity index (χ1v) is 7.71. The third-order valence-corrected chi connectivity index (χ3v) is 4.03. The van der Waals surface area contributed by atoms with Crippen molar-refractivity contribution in [1.82, 2.24) is 20.2 Å². The van der Waals surface area contributed by atoms with Crippen molar-refractivity contribution in [2.75, 3.05) is 12.0 Å². The Morgan fingerprint density at radius 3 is 2.76 bits per heavy atom. The van der Waals surface area contributed by atoms with E-state index in [9.17, 15) is 0 Å². The van der Waals surface area contributed by atoms with E-state index >= 15 is 0 Å². The molecular formula is C15H15N5S. The minimum absolute atomic E-state index is 0.681. The Morgan fingerprint density at radius 1 is 1.14 bits per heavy atom. The molecule has 0 saturated carbocycles. The lowest BCUT2D eigenvalue weighted by molar-refractivity contribution is 0.789. The number of aryl methyl sites for hydroxylation is 1. The second kappa shape index (κ2) is 5.57. The standard InChI is InChI=1S/C15H15N5S/c1-10-6-7-11(8-14(10)16)15-17-18-19-20(15)12-4-3-5-13(9-12)21-2/h3-9H,16H2,1-2H3. The summed E-state index contributed by atoms with van der Waals surface area (Å²) in [6.45, 7) is 1.98. The zero-order valence-corrected chi connectivity index (χ0v) is 12.6. The highest BCUT2D eigenvalue weighted by Gasteiger charge is 2.11. The van der Waals surface area contributed by atoms with E-state index < -0.39 is 0 Å². The van der Waals surface area contributed by atoms with Gasteiger partial charge in [0.25, 0.3) is 0 Å². The summed E-state index contributed by atoms with van der Waals surface area (Å²) < 4.78 is 1.73. The zero-order valence-electron chi connectivity index (χ0n) is 11.8. The fourth-order valence-electron chi connectivity index (χ4n) is 2.06. The Bertz CT molecular complexity index is 781. The van der Waals surface area contributed by atoms with Gasteiger partial charge in [0.15, 0.2) is 5.82 Å². The molecule has 0 aliphatic rings. The van der Waals surface area contributed by atoms with E-state index in [1.165, 1.54) is 0 Å². The number of nitrogens with two attached hydrogens (primary N) is 1. The third kappa shape index (κ3) is 2.62. The van der Waals surface area contributed by atoms with Gasteiger partial charge in [0, 0.05) is 16.1 Å². The van der Waals surface area contributed by atoms with Crippen LogP contribution in [0.4, 0.5) is 5.69 Å². The van der Waals surface area contributed by atoms with Crippen LogP contribution < -0.4 is 5.73 Å². The van der Waals surface area contributed by atoms with E-state index in [1.54, 1.807) is 16.4 Å². The van der Waals surface area contributed by atoms with Crippen molar-refractivity contribution in [3.8, 4) is 17.1 Å². The van der Waals surface area contributed by atoms with Gasteiger partial charge in [-0.2, -0.15) is 4.68 Å². The maximum absolute atomic E-state index is 5.98. The molecule has 0 bridgehead atoms. The molecule has 3 aromatic rings. The highest BCUT2D eigenvalue weighted by molar-refractivity contribution is 7.98. The largest absolute Gasteiger partial charge is 0.398 e. The predicted octanol–water partition coefficient (Wildman–Crippen LogP) is 2.94. The molecule has 1 heterocycles. The highest BCUT2D eigenvalue weighted by atomic mass is 32.2. The molecule has 6 heteroatoms. The van der Waals surface area contributed by atoms with Gasteiger partial charge in [0.2, 0.25) is 0 Å². The number of nitrogens with zero attached hydrogens (tertiary/aromatic N) is 4. The lowest BCUT2D eigenvalue weighted by Gasteiger charge is -2.07. The van der Waals surface area contributed by atoms with Gasteiger partial charge in [-0.05, 0) is 53.4 Å². The van der Waals surface area contributed by atoms with Crippen LogP contribution in [0, 0.1) is 6.92 Å². The van der Waals surface area contributed by atoms with Gasteiger partial charge >= 0.3 is 0 Å². The monoisotopic (exact) mass is 297 g/mol. The molecule has 0 saturated heterocycles. The van der Waals surface area contributed by atoms with Gasteiger partial charge < -0.3 is 5.73 Å². The number of aromatic nitrogens is 4. The molecule has 0 aliphatic heterocycles. The smallest absolute Gasteiger partial charge is 0.187 e.